The minimum atomic E-state index is 0.773. The molecular weight excluding hydrogens is 202 g/mol. The van der Waals surface area contributed by atoms with Crippen LogP contribution in [0, 0.1) is 0 Å². The maximum Gasteiger partial charge on any atom is 0.00767 e. The van der Waals surface area contributed by atoms with Gasteiger partial charge in [-0.05, 0) is 58.5 Å². The fourth-order valence-corrected chi connectivity index (χ4v) is 1.34. The molecule has 0 aromatic heterocycles. The van der Waals surface area contributed by atoms with Gasteiger partial charge in [-0.3, -0.25) is 0 Å². The Kier molecular flexibility index (Phi) is 14.6. The first kappa shape index (κ1) is 15.8. The van der Waals surface area contributed by atoms with E-state index in [9.17, 15) is 0 Å². The molecule has 0 fully saturated rings. The zero-order chi connectivity index (χ0) is 11.9. The first-order valence-corrected chi connectivity index (χ1v) is 6.44. The van der Waals surface area contributed by atoms with Crippen LogP contribution in [0.5, 0.6) is 0 Å². The standard InChI is InChI=1S/C11H29N5/c12-4-1-6-14-8-3-9-16-11-10-15-7-2-5-13/h14-16H,1-13H2. The second-order valence-corrected chi connectivity index (χ2v) is 3.89. The zero-order valence-electron chi connectivity index (χ0n) is 10.4. The molecule has 98 valence electrons. The summed E-state index contributed by atoms with van der Waals surface area (Å²) < 4.78 is 0. The number of hydrogen-bond donors (Lipinski definition) is 5. The minimum Gasteiger partial charge on any atom is -0.330 e. The Labute approximate surface area is 99.7 Å². The Morgan fingerprint density at radius 3 is 1.31 bits per heavy atom. The van der Waals surface area contributed by atoms with Crippen molar-refractivity contribution in [1.29, 1.82) is 0 Å². The molecule has 0 aliphatic carbocycles. The van der Waals surface area contributed by atoms with E-state index in [1.807, 2.05) is 0 Å². The lowest BCUT2D eigenvalue weighted by molar-refractivity contribution is 0.564. The molecule has 0 amide bonds. The predicted octanol–water partition coefficient (Wildman–Crippen LogP) is -1.16. The van der Waals surface area contributed by atoms with Crippen LogP contribution in [0.3, 0.4) is 0 Å². The minimum absolute atomic E-state index is 0.773. The first-order chi connectivity index (χ1) is 7.91. The van der Waals surface area contributed by atoms with Gasteiger partial charge in [-0.1, -0.05) is 0 Å². The average Bonchev–Trinajstić information content (AvgIpc) is 2.31. The fraction of sp³-hybridized carbons (Fsp3) is 1.00. The summed E-state index contributed by atoms with van der Waals surface area (Å²) >= 11 is 0. The van der Waals surface area contributed by atoms with Crippen molar-refractivity contribution in [2.24, 2.45) is 11.5 Å². The van der Waals surface area contributed by atoms with E-state index in [2.05, 4.69) is 16.0 Å². The smallest absolute Gasteiger partial charge is 0.00767 e. The molecule has 0 saturated heterocycles. The van der Waals surface area contributed by atoms with Crippen LogP contribution in [0.2, 0.25) is 0 Å². The molecular formula is C11H29N5. The van der Waals surface area contributed by atoms with Gasteiger partial charge in [0.05, 0.1) is 0 Å². The van der Waals surface area contributed by atoms with Crippen LogP contribution in [0.4, 0.5) is 0 Å². The highest BCUT2D eigenvalue weighted by Crippen LogP contribution is 1.75. The van der Waals surface area contributed by atoms with E-state index >= 15 is 0 Å². The van der Waals surface area contributed by atoms with E-state index in [4.69, 9.17) is 11.5 Å². The Bertz CT molecular complexity index is 107. The molecule has 0 aliphatic heterocycles. The summed E-state index contributed by atoms with van der Waals surface area (Å²) in [6.07, 6.45) is 3.30. The number of rotatable bonds is 13. The van der Waals surface area contributed by atoms with E-state index in [1.165, 1.54) is 6.42 Å². The van der Waals surface area contributed by atoms with Gasteiger partial charge in [-0.15, -0.1) is 0 Å². The van der Waals surface area contributed by atoms with Crippen LogP contribution in [0.1, 0.15) is 19.3 Å². The highest BCUT2D eigenvalue weighted by atomic mass is 14.9. The molecule has 0 aromatic rings. The maximum absolute atomic E-state index is 5.39. The predicted molar refractivity (Wildman–Crippen MR) is 70.6 cm³/mol. The van der Waals surface area contributed by atoms with E-state index in [0.717, 1.165) is 65.2 Å². The number of hydrogen-bond acceptors (Lipinski definition) is 5. The Balaban J connectivity index is 2.83. The molecule has 0 spiro atoms. The van der Waals surface area contributed by atoms with Gasteiger partial charge in [0.25, 0.3) is 0 Å². The maximum atomic E-state index is 5.39. The van der Waals surface area contributed by atoms with Crippen molar-refractivity contribution < 1.29 is 0 Å². The monoisotopic (exact) mass is 231 g/mol. The van der Waals surface area contributed by atoms with Crippen LogP contribution >= 0.6 is 0 Å². The lowest BCUT2D eigenvalue weighted by atomic mass is 10.3. The lowest BCUT2D eigenvalue weighted by Gasteiger charge is -2.06. The summed E-state index contributed by atoms with van der Waals surface area (Å²) in [6.45, 7) is 7.83. The van der Waals surface area contributed by atoms with Crippen molar-refractivity contribution in [1.82, 2.24) is 16.0 Å². The van der Waals surface area contributed by atoms with Gasteiger partial charge < -0.3 is 27.4 Å². The third kappa shape index (κ3) is 13.8. The van der Waals surface area contributed by atoms with Crippen LogP contribution in [-0.4, -0.2) is 52.4 Å². The lowest BCUT2D eigenvalue weighted by Crippen LogP contribution is -2.30. The van der Waals surface area contributed by atoms with E-state index in [-0.39, 0.29) is 0 Å². The summed E-state index contributed by atoms with van der Waals surface area (Å²) in [5, 5.41) is 10.1. The number of nitrogens with one attached hydrogen (secondary N) is 3. The SMILES string of the molecule is NCCCNCCCNCCNCCCN. The molecule has 0 heterocycles. The average molecular weight is 231 g/mol. The van der Waals surface area contributed by atoms with Crippen LogP contribution in [0.15, 0.2) is 0 Å². The Hall–Kier alpha value is -0.200. The fourth-order valence-electron chi connectivity index (χ4n) is 1.34. The van der Waals surface area contributed by atoms with E-state index in [1.54, 1.807) is 0 Å². The molecule has 0 bridgehead atoms. The normalized spacial score (nSPS) is 10.9. The number of nitrogens with two attached hydrogens (primary N) is 2. The van der Waals surface area contributed by atoms with Gasteiger partial charge in [0.1, 0.15) is 0 Å². The molecule has 0 radical (unpaired) electrons. The van der Waals surface area contributed by atoms with Crippen LogP contribution in [0.25, 0.3) is 0 Å². The van der Waals surface area contributed by atoms with Crippen molar-refractivity contribution >= 4 is 0 Å². The summed E-state index contributed by atoms with van der Waals surface area (Å²) in [6, 6.07) is 0. The van der Waals surface area contributed by atoms with Crippen molar-refractivity contribution in [3.8, 4) is 0 Å². The van der Waals surface area contributed by atoms with E-state index < -0.39 is 0 Å². The summed E-state index contributed by atoms with van der Waals surface area (Å²) in [5.74, 6) is 0. The molecule has 0 saturated carbocycles. The summed E-state index contributed by atoms with van der Waals surface area (Å²) in [7, 11) is 0. The zero-order valence-corrected chi connectivity index (χ0v) is 10.4. The van der Waals surface area contributed by atoms with Gasteiger partial charge >= 0.3 is 0 Å². The molecule has 16 heavy (non-hydrogen) atoms. The van der Waals surface area contributed by atoms with Crippen LogP contribution < -0.4 is 27.4 Å². The van der Waals surface area contributed by atoms with Crippen molar-refractivity contribution in [2.75, 3.05) is 52.4 Å². The Morgan fingerprint density at radius 2 is 0.875 bits per heavy atom. The Morgan fingerprint density at radius 1 is 0.500 bits per heavy atom. The van der Waals surface area contributed by atoms with Crippen LogP contribution in [-0.2, 0) is 0 Å². The van der Waals surface area contributed by atoms with Gasteiger partial charge in [0.2, 0.25) is 0 Å². The second kappa shape index (κ2) is 14.8. The molecule has 5 heteroatoms. The summed E-state index contributed by atoms with van der Waals surface area (Å²) in [4.78, 5) is 0. The van der Waals surface area contributed by atoms with Gasteiger partial charge in [-0.25, -0.2) is 0 Å². The van der Waals surface area contributed by atoms with Crippen molar-refractivity contribution in [2.45, 2.75) is 19.3 Å². The third-order valence-corrected chi connectivity index (χ3v) is 2.30. The molecule has 7 N–H and O–H groups in total. The van der Waals surface area contributed by atoms with Crippen molar-refractivity contribution in [3.05, 3.63) is 0 Å². The third-order valence-electron chi connectivity index (χ3n) is 2.30. The highest BCUT2D eigenvalue weighted by Gasteiger charge is 1.89. The van der Waals surface area contributed by atoms with Crippen molar-refractivity contribution in [3.63, 3.8) is 0 Å². The molecule has 0 aliphatic rings. The molecule has 0 aromatic carbocycles. The quantitative estimate of drug-likeness (QED) is 0.258. The van der Waals surface area contributed by atoms with Gasteiger partial charge in [0, 0.05) is 13.1 Å². The topological polar surface area (TPSA) is 88.1 Å². The van der Waals surface area contributed by atoms with Gasteiger partial charge in [-0.2, -0.15) is 0 Å². The largest absolute Gasteiger partial charge is 0.330 e. The molecule has 0 rings (SSSR count). The molecule has 0 atom stereocenters. The second-order valence-electron chi connectivity index (χ2n) is 3.89. The molecule has 0 unspecified atom stereocenters. The first-order valence-electron chi connectivity index (χ1n) is 6.44. The van der Waals surface area contributed by atoms with Gasteiger partial charge in [0.15, 0.2) is 0 Å². The molecule has 5 nitrogen and oxygen atoms in total. The summed E-state index contributed by atoms with van der Waals surface area (Å²) in [5.41, 5.74) is 10.8. The van der Waals surface area contributed by atoms with E-state index in [0.29, 0.717) is 0 Å². The highest BCUT2D eigenvalue weighted by molar-refractivity contribution is 4.55.